The molecule has 0 fully saturated rings. The summed E-state index contributed by atoms with van der Waals surface area (Å²) in [6.45, 7) is 1.94. The number of carbonyl (C=O) groups excluding carboxylic acids is 1. The summed E-state index contributed by atoms with van der Waals surface area (Å²) in [6, 6.07) is 3.49. The van der Waals surface area contributed by atoms with Crippen LogP contribution in [0.25, 0.3) is 0 Å². The molecule has 0 atom stereocenters. The van der Waals surface area contributed by atoms with E-state index in [2.05, 4.69) is 31.3 Å². The zero-order valence-electron chi connectivity index (χ0n) is 10.6. The van der Waals surface area contributed by atoms with Crippen LogP contribution in [-0.4, -0.2) is 20.7 Å². The van der Waals surface area contributed by atoms with E-state index in [9.17, 15) is 4.79 Å². The first-order chi connectivity index (χ1) is 9.04. The number of nitrogens with zero attached hydrogens (tertiary/aromatic N) is 3. The monoisotopic (exact) mass is 323 g/mol. The highest BCUT2D eigenvalue weighted by Crippen LogP contribution is 2.22. The predicted octanol–water partition coefficient (Wildman–Crippen LogP) is 1.97. The molecule has 0 radical (unpaired) electrons. The summed E-state index contributed by atoms with van der Waals surface area (Å²) in [5, 5.41) is 6.97. The SMILES string of the molecule is CCc1nn(C)c(C(=O)Nc2cccnc2Br)c1N. The van der Waals surface area contributed by atoms with Crippen LogP contribution in [0.1, 0.15) is 23.1 Å². The van der Waals surface area contributed by atoms with Crippen molar-refractivity contribution in [1.82, 2.24) is 14.8 Å². The molecule has 0 saturated carbocycles. The van der Waals surface area contributed by atoms with Crippen LogP contribution in [0.4, 0.5) is 11.4 Å². The maximum absolute atomic E-state index is 12.2. The molecule has 6 nitrogen and oxygen atoms in total. The Hall–Kier alpha value is -1.89. The van der Waals surface area contributed by atoms with Crippen molar-refractivity contribution in [3.63, 3.8) is 0 Å². The van der Waals surface area contributed by atoms with Gasteiger partial charge in [0.1, 0.15) is 10.3 Å². The van der Waals surface area contributed by atoms with Crippen molar-refractivity contribution in [1.29, 1.82) is 0 Å². The number of nitrogen functional groups attached to an aromatic ring is 1. The number of nitrogens with one attached hydrogen (secondary N) is 1. The van der Waals surface area contributed by atoms with E-state index in [1.165, 1.54) is 4.68 Å². The molecular weight excluding hydrogens is 310 g/mol. The molecule has 2 aromatic heterocycles. The van der Waals surface area contributed by atoms with E-state index >= 15 is 0 Å². The molecule has 3 N–H and O–H groups in total. The number of aryl methyl sites for hydroxylation is 2. The molecule has 19 heavy (non-hydrogen) atoms. The fraction of sp³-hybridized carbons (Fsp3) is 0.250. The number of anilines is 2. The first-order valence-electron chi connectivity index (χ1n) is 5.77. The van der Waals surface area contributed by atoms with Gasteiger partial charge in [-0.25, -0.2) is 4.98 Å². The lowest BCUT2D eigenvalue weighted by Crippen LogP contribution is -2.18. The third-order valence-electron chi connectivity index (χ3n) is 2.72. The maximum atomic E-state index is 12.2. The second-order valence-corrected chi connectivity index (χ2v) is 4.73. The molecule has 2 aromatic rings. The van der Waals surface area contributed by atoms with Crippen LogP contribution in [0, 0.1) is 0 Å². The zero-order chi connectivity index (χ0) is 14.0. The summed E-state index contributed by atoms with van der Waals surface area (Å²) < 4.78 is 2.06. The number of carbonyl (C=O) groups is 1. The van der Waals surface area contributed by atoms with E-state index < -0.39 is 0 Å². The molecule has 0 aliphatic carbocycles. The van der Waals surface area contributed by atoms with Gasteiger partial charge >= 0.3 is 0 Å². The van der Waals surface area contributed by atoms with Crippen molar-refractivity contribution in [3.05, 3.63) is 34.3 Å². The lowest BCUT2D eigenvalue weighted by atomic mass is 10.2. The lowest BCUT2D eigenvalue weighted by molar-refractivity contribution is 0.101. The molecule has 0 unspecified atom stereocenters. The molecule has 0 spiro atoms. The largest absolute Gasteiger partial charge is 0.395 e. The predicted molar refractivity (Wildman–Crippen MR) is 76.9 cm³/mol. The number of hydrogen-bond acceptors (Lipinski definition) is 4. The van der Waals surface area contributed by atoms with E-state index in [1.807, 2.05) is 6.92 Å². The summed E-state index contributed by atoms with van der Waals surface area (Å²) in [7, 11) is 1.70. The third-order valence-corrected chi connectivity index (χ3v) is 3.35. The van der Waals surface area contributed by atoms with Gasteiger partial charge < -0.3 is 11.1 Å². The second kappa shape index (κ2) is 5.40. The van der Waals surface area contributed by atoms with Gasteiger partial charge in [0.25, 0.3) is 5.91 Å². The Morgan fingerprint density at radius 1 is 1.58 bits per heavy atom. The average Bonchev–Trinajstić information content (AvgIpc) is 2.67. The van der Waals surface area contributed by atoms with Crippen molar-refractivity contribution in [3.8, 4) is 0 Å². The lowest BCUT2D eigenvalue weighted by Gasteiger charge is -2.07. The number of hydrogen-bond donors (Lipinski definition) is 2. The van der Waals surface area contributed by atoms with Crippen molar-refractivity contribution in [2.24, 2.45) is 7.05 Å². The van der Waals surface area contributed by atoms with E-state index in [0.717, 1.165) is 5.69 Å². The minimum atomic E-state index is -0.305. The van der Waals surface area contributed by atoms with E-state index in [-0.39, 0.29) is 5.91 Å². The molecule has 0 aromatic carbocycles. The Morgan fingerprint density at radius 3 is 2.89 bits per heavy atom. The minimum Gasteiger partial charge on any atom is -0.395 e. The highest BCUT2D eigenvalue weighted by Gasteiger charge is 2.19. The summed E-state index contributed by atoms with van der Waals surface area (Å²) in [6.07, 6.45) is 2.32. The number of pyridine rings is 1. The van der Waals surface area contributed by atoms with E-state index in [0.29, 0.717) is 28.1 Å². The fourth-order valence-electron chi connectivity index (χ4n) is 1.79. The molecule has 1 amide bonds. The summed E-state index contributed by atoms with van der Waals surface area (Å²) in [5.74, 6) is -0.305. The second-order valence-electron chi connectivity index (χ2n) is 3.98. The Kier molecular flexibility index (Phi) is 3.84. The highest BCUT2D eigenvalue weighted by molar-refractivity contribution is 9.10. The van der Waals surface area contributed by atoms with Crippen LogP contribution >= 0.6 is 15.9 Å². The first kappa shape index (κ1) is 13.5. The molecule has 0 saturated heterocycles. The number of rotatable bonds is 3. The van der Waals surface area contributed by atoms with Crippen molar-refractivity contribution < 1.29 is 4.79 Å². The van der Waals surface area contributed by atoms with Crippen molar-refractivity contribution in [2.45, 2.75) is 13.3 Å². The van der Waals surface area contributed by atoms with Gasteiger partial charge in [-0.05, 0) is 34.5 Å². The summed E-state index contributed by atoms with van der Waals surface area (Å²) in [5.41, 5.74) is 8.02. The van der Waals surface area contributed by atoms with Gasteiger partial charge in [-0.2, -0.15) is 5.10 Å². The quantitative estimate of drug-likeness (QED) is 0.845. The standard InChI is InChI=1S/C12H14BrN5O/c1-3-7-9(14)10(18(2)17-7)12(19)16-8-5-4-6-15-11(8)13/h4-6H,3,14H2,1-2H3,(H,16,19). The van der Waals surface area contributed by atoms with Crippen LogP contribution in [0.2, 0.25) is 0 Å². The molecule has 0 aliphatic rings. The van der Waals surface area contributed by atoms with Crippen LogP contribution in [0.3, 0.4) is 0 Å². The Bertz CT molecular complexity index is 623. The molecular formula is C12H14BrN5O. The van der Waals surface area contributed by atoms with Crippen molar-refractivity contribution in [2.75, 3.05) is 11.1 Å². The smallest absolute Gasteiger partial charge is 0.276 e. The van der Waals surface area contributed by atoms with Gasteiger partial charge in [0.05, 0.1) is 17.1 Å². The number of halogens is 1. The molecule has 2 heterocycles. The normalized spacial score (nSPS) is 10.5. The Labute approximate surface area is 119 Å². The number of aromatic nitrogens is 3. The first-order valence-corrected chi connectivity index (χ1v) is 6.57. The Balaban J connectivity index is 2.31. The topological polar surface area (TPSA) is 85.8 Å². The van der Waals surface area contributed by atoms with Crippen LogP contribution in [0.15, 0.2) is 22.9 Å². The van der Waals surface area contributed by atoms with Gasteiger partial charge in [0.2, 0.25) is 0 Å². The third kappa shape index (κ3) is 2.60. The zero-order valence-corrected chi connectivity index (χ0v) is 12.2. The van der Waals surface area contributed by atoms with Gasteiger partial charge in [-0.1, -0.05) is 6.92 Å². The molecule has 2 rings (SSSR count). The molecule has 100 valence electrons. The summed E-state index contributed by atoms with van der Waals surface area (Å²) in [4.78, 5) is 16.3. The molecule has 0 aliphatic heterocycles. The molecule has 7 heteroatoms. The van der Waals surface area contributed by atoms with E-state index in [4.69, 9.17) is 5.73 Å². The highest BCUT2D eigenvalue weighted by atomic mass is 79.9. The van der Waals surface area contributed by atoms with Gasteiger partial charge in [0, 0.05) is 13.2 Å². The molecule has 0 bridgehead atoms. The number of amides is 1. The van der Waals surface area contributed by atoms with Crippen molar-refractivity contribution >= 4 is 33.2 Å². The van der Waals surface area contributed by atoms with Crippen LogP contribution < -0.4 is 11.1 Å². The fourth-order valence-corrected chi connectivity index (χ4v) is 2.14. The van der Waals surface area contributed by atoms with Crippen LogP contribution in [-0.2, 0) is 13.5 Å². The van der Waals surface area contributed by atoms with Crippen LogP contribution in [0.5, 0.6) is 0 Å². The maximum Gasteiger partial charge on any atom is 0.276 e. The Morgan fingerprint density at radius 2 is 2.32 bits per heavy atom. The van der Waals surface area contributed by atoms with Gasteiger partial charge in [0.15, 0.2) is 0 Å². The van der Waals surface area contributed by atoms with Gasteiger partial charge in [-0.3, -0.25) is 9.48 Å². The van der Waals surface area contributed by atoms with E-state index in [1.54, 1.807) is 25.4 Å². The summed E-state index contributed by atoms with van der Waals surface area (Å²) >= 11 is 3.27. The minimum absolute atomic E-state index is 0.305. The van der Waals surface area contributed by atoms with Gasteiger partial charge in [-0.15, -0.1) is 0 Å². The average molecular weight is 324 g/mol. The number of nitrogens with two attached hydrogens (primary N) is 1.